The number of anilines is 2. The van der Waals surface area contributed by atoms with Gasteiger partial charge in [-0.1, -0.05) is 0 Å². The molecule has 2 fully saturated rings. The molecule has 5 rings (SSSR count). The number of hydrogen-bond donors (Lipinski definition) is 1. The molecular weight excluding hydrogens is 549 g/mol. The summed E-state index contributed by atoms with van der Waals surface area (Å²) >= 11 is 0. The zero-order chi connectivity index (χ0) is 28.3. The van der Waals surface area contributed by atoms with Gasteiger partial charge in [0.15, 0.2) is 17.3 Å². The van der Waals surface area contributed by atoms with Gasteiger partial charge < -0.3 is 23.8 Å². The van der Waals surface area contributed by atoms with Crippen LogP contribution in [0.25, 0.3) is 5.69 Å². The van der Waals surface area contributed by atoms with E-state index in [0.29, 0.717) is 32.0 Å². The van der Waals surface area contributed by atoms with E-state index in [1.807, 2.05) is 6.92 Å². The Morgan fingerprint density at radius 1 is 1.10 bits per heavy atom. The third kappa shape index (κ3) is 5.62. The van der Waals surface area contributed by atoms with E-state index in [-0.39, 0.29) is 42.3 Å². The Kier molecular flexibility index (Phi) is 8.22. The molecule has 216 valence electrons. The molecule has 0 aromatic carbocycles. The van der Waals surface area contributed by atoms with Crippen LogP contribution in [0, 0.1) is 5.82 Å². The van der Waals surface area contributed by atoms with Gasteiger partial charge in [0.25, 0.3) is 0 Å². The molecule has 17 heteroatoms. The van der Waals surface area contributed by atoms with Crippen molar-refractivity contribution in [1.29, 1.82) is 0 Å². The molecule has 2 aliphatic heterocycles. The summed E-state index contributed by atoms with van der Waals surface area (Å²) in [7, 11) is -1.26. The molecule has 0 aliphatic carbocycles. The summed E-state index contributed by atoms with van der Waals surface area (Å²) in [5, 5.41) is 7.49. The molecule has 3 atom stereocenters. The summed E-state index contributed by atoms with van der Waals surface area (Å²) in [5.74, 6) is 0.0923. The van der Waals surface area contributed by atoms with Crippen LogP contribution in [0.4, 0.5) is 16.3 Å². The van der Waals surface area contributed by atoms with Gasteiger partial charge in [-0.3, -0.25) is 9.29 Å². The van der Waals surface area contributed by atoms with Crippen LogP contribution in [0.15, 0.2) is 18.7 Å². The number of piperidine rings is 1. The molecule has 2 aliphatic rings. The van der Waals surface area contributed by atoms with Crippen LogP contribution in [0.1, 0.15) is 38.1 Å². The van der Waals surface area contributed by atoms with Crippen molar-refractivity contribution in [1.82, 2.24) is 34.7 Å². The molecule has 5 heterocycles. The molecule has 3 aromatic heterocycles. The Morgan fingerprint density at radius 2 is 1.82 bits per heavy atom. The maximum absolute atomic E-state index is 13.9. The number of ether oxygens (including phenoxy) is 4. The SMILES string of the molecule is CCO[C@@H]1C[C@@H](S(=O)(=O)Nc2nnc([C@H]3CCCO3)n2-c2c(OC)ncnc2OC)CN(c2ncc(F)cn2)C1. The van der Waals surface area contributed by atoms with Gasteiger partial charge >= 0.3 is 0 Å². The summed E-state index contributed by atoms with van der Waals surface area (Å²) < 4.78 is 67.7. The molecule has 0 bridgehead atoms. The maximum Gasteiger partial charge on any atom is 0.245 e. The number of methoxy groups -OCH3 is 2. The third-order valence-corrected chi connectivity index (χ3v) is 8.30. The van der Waals surface area contributed by atoms with E-state index in [2.05, 4.69) is 34.9 Å². The summed E-state index contributed by atoms with van der Waals surface area (Å²) in [4.78, 5) is 18.0. The second-order valence-electron chi connectivity index (χ2n) is 9.15. The minimum absolute atomic E-state index is 0.0400. The van der Waals surface area contributed by atoms with Crippen molar-refractivity contribution in [2.75, 3.05) is 50.1 Å². The molecule has 0 spiro atoms. The van der Waals surface area contributed by atoms with Gasteiger partial charge in [-0.2, -0.15) is 9.97 Å². The van der Waals surface area contributed by atoms with Crippen LogP contribution in [0.2, 0.25) is 0 Å². The van der Waals surface area contributed by atoms with E-state index in [1.54, 1.807) is 4.90 Å². The van der Waals surface area contributed by atoms with Gasteiger partial charge in [0.05, 0.1) is 32.7 Å². The second-order valence-corrected chi connectivity index (χ2v) is 11.1. The zero-order valence-electron chi connectivity index (χ0n) is 22.2. The van der Waals surface area contributed by atoms with Crippen molar-refractivity contribution in [3.8, 4) is 17.4 Å². The second kappa shape index (κ2) is 11.8. The Hall–Kier alpha value is -3.70. The summed E-state index contributed by atoms with van der Waals surface area (Å²) in [6.45, 7) is 3.13. The number of nitrogens with zero attached hydrogens (tertiary/aromatic N) is 8. The lowest BCUT2D eigenvalue weighted by Gasteiger charge is -2.37. The largest absolute Gasteiger partial charge is 0.479 e. The highest BCUT2D eigenvalue weighted by atomic mass is 32.2. The first kappa shape index (κ1) is 27.9. The van der Waals surface area contributed by atoms with Crippen molar-refractivity contribution in [2.45, 2.75) is 43.6 Å². The molecule has 1 N–H and O–H groups in total. The fourth-order valence-corrected chi connectivity index (χ4v) is 6.24. The fraction of sp³-hybridized carbons (Fsp3) is 0.565. The number of halogens is 1. The van der Waals surface area contributed by atoms with Gasteiger partial charge in [-0.15, -0.1) is 10.2 Å². The lowest BCUT2D eigenvalue weighted by Crippen LogP contribution is -2.51. The van der Waals surface area contributed by atoms with Gasteiger partial charge in [0.1, 0.15) is 17.7 Å². The minimum atomic E-state index is -4.10. The highest BCUT2D eigenvalue weighted by Gasteiger charge is 2.39. The van der Waals surface area contributed by atoms with Gasteiger partial charge in [0, 0.05) is 26.3 Å². The van der Waals surface area contributed by atoms with Crippen molar-refractivity contribution < 1.29 is 31.8 Å². The lowest BCUT2D eigenvalue weighted by atomic mass is 10.1. The van der Waals surface area contributed by atoms with Crippen LogP contribution < -0.4 is 19.1 Å². The normalized spacial score (nSPS) is 21.4. The van der Waals surface area contributed by atoms with E-state index < -0.39 is 33.3 Å². The molecule has 3 aromatic rings. The smallest absolute Gasteiger partial charge is 0.245 e. The minimum Gasteiger partial charge on any atom is -0.479 e. The third-order valence-electron chi connectivity index (χ3n) is 6.61. The molecule has 15 nitrogen and oxygen atoms in total. The lowest BCUT2D eigenvalue weighted by molar-refractivity contribution is 0.0531. The van der Waals surface area contributed by atoms with Crippen LogP contribution in [0.3, 0.4) is 0 Å². The molecule has 0 saturated carbocycles. The van der Waals surface area contributed by atoms with E-state index in [4.69, 9.17) is 18.9 Å². The monoisotopic (exact) mass is 579 g/mol. The topological polar surface area (TPSA) is 169 Å². The highest BCUT2D eigenvalue weighted by molar-refractivity contribution is 7.93. The van der Waals surface area contributed by atoms with Gasteiger partial charge in [-0.25, -0.2) is 22.8 Å². The van der Waals surface area contributed by atoms with Crippen LogP contribution in [0.5, 0.6) is 11.8 Å². The number of rotatable bonds is 10. The van der Waals surface area contributed by atoms with E-state index in [0.717, 1.165) is 18.8 Å². The van der Waals surface area contributed by atoms with Crippen molar-refractivity contribution >= 4 is 21.9 Å². The Bertz CT molecular complexity index is 1400. The van der Waals surface area contributed by atoms with Crippen molar-refractivity contribution in [3.05, 3.63) is 30.4 Å². The Balaban J connectivity index is 1.52. The first-order valence-corrected chi connectivity index (χ1v) is 14.2. The van der Waals surface area contributed by atoms with Crippen LogP contribution in [-0.4, -0.2) is 95.0 Å². The van der Waals surface area contributed by atoms with E-state index >= 15 is 0 Å². The maximum atomic E-state index is 13.9. The Morgan fingerprint density at radius 3 is 2.45 bits per heavy atom. The first-order valence-electron chi connectivity index (χ1n) is 12.7. The van der Waals surface area contributed by atoms with Crippen molar-refractivity contribution in [2.24, 2.45) is 0 Å². The predicted molar refractivity (Wildman–Crippen MR) is 139 cm³/mol. The van der Waals surface area contributed by atoms with Crippen LogP contribution in [-0.2, 0) is 19.5 Å². The van der Waals surface area contributed by atoms with Crippen molar-refractivity contribution in [3.63, 3.8) is 0 Å². The number of sulfonamides is 1. The number of aromatic nitrogens is 7. The average Bonchev–Trinajstić information content (AvgIpc) is 3.63. The molecule has 2 saturated heterocycles. The van der Waals surface area contributed by atoms with Gasteiger partial charge in [0.2, 0.25) is 33.7 Å². The average molecular weight is 580 g/mol. The summed E-state index contributed by atoms with van der Waals surface area (Å²) in [6, 6.07) is 0. The highest BCUT2D eigenvalue weighted by Crippen LogP contribution is 2.37. The molecule has 40 heavy (non-hydrogen) atoms. The zero-order valence-corrected chi connectivity index (χ0v) is 23.0. The predicted octanol–water partition coefficient (Wildman–Crippen LogP) is 1.28. The fourth-order valence-electron chi connectivity index (χ4n) is 4.84. The molecule has 0 unspecified atom stereocenters. The summed E-state index contributed by atoms with van der Waals surface area (Å²) in [5.41, 5.74) is 0.220. The number of nitrogens with one attached hydrogen (secondary N) is 1. The van der Waals surface area contributed by atoms with Crippen LogP contribution >= 0.6 is 0 Å². The summed E-state index contributed by atoms with van der Waals surface area (Å²) in [6.07, 6.45) is 4.13. The quantitative estimate of drug-likeness (QED) is 0.365. The molecule has 0 radical (unpaired) electrons. The van der Waals surface area contributed by atoms with Gasteiger partial charge in [-0.05, 0) is 26.2 Å². The molecule has 0 amide bonds. The standard InChI is InChI=1S/C23H30FN9O6S/c1-4-38-15-8-16(12-32(11-15)22-25-9-14(24)10-26-22)40(34,35)31-23-30-29-19(17-6-5-7-39-17)33(23)18-20(36-2)27-13-28-21(18)37-3/h9-10,13,15-17H,4-8,11-12H2,1-3H3,(H,30,31)/t15-,16-,17-/m1/s1. The Labute approximate surface area is 230 Å². The molecular formula is C23H30FN9O6S. The van der Waals surface area contributed by atoms with E-state index in [9.17, 15) is 12.8 Å². The first-order chi connectivity index (χ1) is 19.3. The number of hydrogen-bond acceptors (Lipinski definition) is 13. The van der Waals surface area contributed by atoms with E-state index in [1.165, 1.54) is 25.1 Å².